The highest BCUT2D eigenvalue weighted by Gasteiger charge is 2.37. The quantitative estimate of drug-likeness (QED) is 0.723. The molecule has 0 aromatic heterocycles. The lowest BCUT2D eigenvalue weighted by atomic mass is 9.96. The van der Waals surface area contributed by atoms with Crippen molar-refractivity contribution in [1.82, 2.24) is 10.2 Å². The van der Waals surface area contributed by atoms with Crippen molar-refractivity contribution >= 4 is 23.4 Å². The molecule has 1 aromatic carbocycles. The van der Waals surface area contributed by atoms with Gasteiger partial charge >= 0.3 is 0 Å². The first-order chi connectivity index (χ1) is 14.8. The maximum atomic E-state index is 13.1. The van der Waals surface area contributed by atoms with Crippen molar-refractivity contribution < 1.29 is 19.1 Å². The molecule has 3 amide bonds. The summed E-state index contributed by atoms with van der Waals surface area (Å²) in [6, 6.07) is 6.70. The predicted octanol–water partition coefficient (Wildman–Crippen LogP) is 2.84. The Hall–Kier alpha value is -2.57. The normalized spacial score (nSPS) is 20.8. The van der Waals surface area contributed by atoms with Crippen molar-refractivity contribution in [1.29, 1.82) is 0 Å². The zero-order valence-corrected chi connectivity index (χ0v) is 19.1. The third-order valence-electron chi connectivity index (χ3n) is 6.30. The molecule has 0 radical (unpaired) electrons. The second-order valence-electron chi connectivity index (χ2n) is 9.30. The van der Waals surface area contributed by atoms with Gasteiger partial charge in [0.25, 0.3) is 0 Å². The van der Waals surface area contributed by atoms with Gasteiger partial charge in [-0.2, -0.15) is 0 Å². The van der Waals surface area contributed by atoms with Gasteiger partial charge in [-0.05, 0) is 55.4 Å². The van der Waals surface area contributed by atoms with Crippen molar-refractivity contribution in [3.63, 3.8) is 0 Å². The van der Waals surface area contributed by atoms with Crippen molar-refractivity contribution in [2.45, 2.75) is 52.5 Å². The van der Waals surface area contributed by atoms with Gasteiger partial charge in [0.2, 0.25) is 17.7 Å². The Kier molecular flexibility index (Phi) is 7.57. The summed E-state index contributed by atoms with van der Waals surface area (Å²) in [6.45, 7) is 8.13. The van der Waals surface area contributed by atoms with Gasteiger partial charge in [-0.3, -0.25) is 14.4 Å². The maximum Gasteiger partial charge on any atom is 0.245 e. The number of anilines is 1. The van der Waals surface area contributed by atoms with Crippen molar-refractivity contribution in [2.75, 3.05) is 31.6 Å². The van der Waals surface area contributed by atoms with Gasteiger partial charge in [0, 0.05) is 31.7 Å². The first-order valence-corrected chi connectivity index (χ1v) is 11.3. The SMILES string of the molecule is COc1ccc(N2CC(C(=O)NC(CC(C)C)C(=O)N3CCC(C)CC3)CC2=O)cc1. The minimum absolute atomic E-state index is 0.00489. The lowest BCUT2D eigenvalue weighted by Crippen LogP contribution is -2.52. The Bertz CT molecular complexity index is 785. The van der Waals surface area contributed by atoms with Crippen LogP contribution in [0.3, 0.4) is 0 Å². The molecule has 2 fully saturated rings. The number of nitrogens with one attached hydrogen (secondary N) is 1. The Morgan fingerprint density at radius 3 is 2.39 bits per heavy atom. The second-order valence-corrected chi connectivity index (χ2v) is 9.30. The zero-order chi connectivity index (χ0) is 22.5. The summed E-state index contributed by atoms with van der Waals surface area (Å²) >= 11 is 0. The number of piperidine rings is 1. The van der Waals surface area contributed by atoms with E-state index in [1.54, 1.807) is 24.1 Å². The molecule has 0 saturated carbocycles. The molecule has 2 heterocycles. The van der Waals surface area contributed by atoms with E-state index in [0.717, 1.165) is 31.6 Å². The standard InChI is InChI=1S/C24H35N3O4/c1-16(2)13-21(24(30)26-11-9-17(3)10-12-26)25-23(29)18-14-22(28)27(15-18)19-5-7-20(31-4)8-6-19/h5-8,16-18,21H,9-15H2,1-4H3,(H,25,29). The van der Waals surface area contributed by atoms with Gasteiger partial charge in [0.15, 0.2) is 0 Å². The average Bonchev–Trinajstić information content (AvgIpc) is 3.15. The third-order valence-corrected chi connectivity index (χ3v) is 6.30. The average molecular weight is 430 g/mol. The molecule has 2 aliphatic heterocycles. The molecule has 170 valence electrons. The summed E-state index contributed by atoms with van der Waals surface area (Å²) in [6.07, 6.45) is 2.76. The number of hydrogen-bond donors (Lipinski definition) is 1. The van der Waals surface area contributed by atoms with E-state index in [4.69, 9.17) is 4.74 Å². The van der Waals surface area contributed by atoms with Gasteiger partial charge in [-0.15, -0.1) is 0 Å². The highest BCUT2D eigenvalue weighted by Crippen LogP contribution is 2.27. The van der Waals surface area contributed by atoms with Crippen LogP contribution in [-0.4, -0.2) is 55.4 Å². The summed E-state index contributed by atoms with van der Waals surface area (Å²) in [7, 11) is 1.59. The third kappa shape index (κ3) is 5.77. The lowest BCUT2D eigenvalue weighted by Gasteiger charge is -2.34. The van der Waals surface area contributed by atoms with Gasteiger partial charge < -0.3 is 19.9 Å². The fourth-order valence-corrected chi connectivity index (χ4v) is 4.33. The number of rotatable bonds is 7. The van der Waals surface area contributed by atoms with Crippen LogP contribution in [0.25, 0.3) is 0 Å². The number of carbonyl (C=O) groups is 3. The number of ether oxygens (including phenoxy) is 1. The number of hydrogen-bond acceptors (Lipinski definition) is 4. The Morgan fingerprint density at radius 1 is 1.16 bits per heavy atom. The van der Waals surface area contributed by atoms with E-state index in [2.05, 4.69) is 26.1 Å². The number of nitrogens with zero attached hydrogens (tertiary/aromatic N) is 2. The highest BCUT2D eigenvalue weighted by atomic mass is 16.5. The molecule has 7 heteroatoms. The molecule has 3 rings (SSSR count). The monoisotopic (exact) mass is 429 g/mol. The van der Waals surface area contributed by atoms with Crippen LogP contribution in [0.4, 0.5) is 5.69 Å². The van der Waals surface area contributed by atoms with Crippen LogP contribution in [0.5, 0.6) is 5.75 Å². The summed E-state index contributed by atoms with van der Waals surface area (Å²) in [5, 5.41) is 2.98. The molecule has 0 bridgehead atoms. The van der Waals surface area contributed by atoms with E-state index in [1.807, 2.05) is 17.0 Å². The van der Waals surface area contributed by atoms with Crippen LogP contribution < -0.4 is 15.0 Å². The number of methoxy groups -OCH3 is 1. The van der Waals surface area contributed by atoms with Crippen LogP contribution in [-0.2, 0) is 14.4 Å². The molecular formula is C24H35N3O4. The fourth-order valence-electron chi connectivity index (χ4n) is 4.33. The Morgan fingerprint density at radius 2 is 1.81 bits per heavy atom. The van der Waals surface area contributed by atoms with Crippen LogP contribution >= 0.6 is 0 Å². The predicted molar refractivity (Wildman–Crippen MR) is 120 cm³/mol. The first kappa shape index (κ1) is 23.1. The van der Waals surface area contributed by atoms with Crippen molar-refractivity contribution in [2.24, 2.45) is 17.8 Å². The molecule has 31 heavy (non-hydrogen) atoms. The number of amides is 3. The zero-order valence-electron chi connectivity index (χ0n) is 19.1. The molecular weight excluding hydrogens is 394 g/mol. The van der Waals surface area contributed by atoms with E-state index in [1.165, 1.54) is 0 Å². The highest BCUT2D eigenvalue weighted by molar-refractivity contribution is 6.01. The van der Waals surface area contributed by atoms with Gasteiger partial charge in [0.1, 0.15) is 11.8 Å². The Balaban J connectivity index is 1.64. The van der Waals surface area contributed by atoms with Crippen LogP contribution in [0.15, 0.2) is 24.3 Å². The van der Waals surface area contributed by atoms with Gasteiger partial charge in [0.05, 0.1) is 13.0 Å². The molecule has 1 N–H and O–H groups in total. The van der Waals surface area contributed by atoms with E-state index < -0.39 is 12.0 Å². The van der Waals surface area contributed by atoms with E-state index >= 15 is 0 Å². The number of likely N-dealkylation sites (tertiary alicyclic amines) is 1. The van der Waals surface area contributed by atoms with Crippen LogP contribution in [0, 0.1) is 17.8 Å². The Labute approximate surface area is 185 Å². The smallest absolute Gasteiger partial charge is 0.245 e. The van der Waals surface area contributed by atoms with Gasteiger partial charge in [-0.1, -0.05) is 20.8 Å². The molecule has 7 nitrogen and oxygen atoms in total. The van der Waals surface area contributed by atoms with Crippen molar-refractivity contribution in [3.05, 3.63) is 24.3 Å². The largest absolute Gasteiger partial charge is 0.497 e. The van der Waals surface area contributed by atoms with Crippen LogP contribution in [0.2, 0.25) is 0 Å². The molecule has 0 spiro atoms. The topological polar surface area (TPSA) is 79.0 Å². The number of benzene rings is 1. The van der Waals surface area contributed by atoms with Crippen LogP contribution in [0.1, 0.15) is 46.5 Å². The molecule has 0 aliphatic carbocycles. The summed E-state index contributed by atoms with van der Waals surface area (Å²) in [5.41, 5.74) is 0.748. The second kappa shape index (κ2) is 10.2. The van der Waals surface area contributed by atoms with E-state index in [0.29, 0.717) is 24.6 Å². The van der Waals surface area contributed by atoms with E-state index in [-0.39, 0.29) is 30.1 Å². The minimum atomic E-state index is -0.536. The molecule has 2 aliphatic rings. The first-order valence-electron chi connectivity index (χ1n) is 11.3. The molecule has 2 saturated heterocycles. The molecule has 2 atom stereocenters. The van der Waals surface area contributed by atoms with E-state index in [9.17, 15) is 14.4 Å². The summed E-state index contributed by atoms with van der Waals surface area (Å²) in [5.74, 6) is 0.876. The maximum absolute atomic E-state index is 13.1. The van der Waals surface area contributed by atoms with Gasteiger partial charge in [-0.25, -0.2) is 0 Å². The number of carbonyl (C=O) groups excluding carboxylic acids is 3. The summed E-state index contributed by atoms with van der Waals surface area (Å²) < 4.78 is 5.17. The fraction of sp³-hybridized carbons (Fsp3) is 0.625. The lowest BCUT2D eigenvalue weighted by molar-refractivity contribution is -0.138. The minimum Gasteiger partial charge on any atom is -0.497 e. The summed E-state index contributed by atoms with van der Waals surface area (Å²) in [4.78, 5) is 42.2. The molecule has 1 aromatic rings. The molecule has 2 unspecified atom stereocenters. The van der Waals surface area contributed by atoms with Crippen molar-refractivity contribution in [3.8, 4) is 5.75 Å².